The van der Waals surface area contributed by atoms with Gasteiger partial charge >= 0.3 is 5.97 Å². The quantitative estimate of drug-likeness (QED) is 0.775. The number of ether oxygens (including phenoxy) is 1. The van der Waals surface area contributed by atoms with Crippen molar-refractivity contribution in [3.8, 4) is 0 Å². The molecule has 0 saturated carbocycles. The number of hydrogen-bond donors (Lipinski definition) is 0. The number of thioether (sulfide) groups is 1. The molecule has 0 radical (unpaired) electrons. The summed E-state index contributed by atoms with van der Waals surface area (Å²) in [7, 11) is 1.98. The van der Waals surface area contributed by atoms with E-state index < -0.39 is 6.10 Å². The minimum absolute atomic E-state index is 0.102. The SMILES string of the molecule is C[C@@H](OC(=O)CN(C)[C@@H]1CCSC1)c1ncc(C(C)(C)C)o1. The number of rotatable bonds is 5. The summed E-state index contributed by atoms with van der Waals surface area (Å²) in [6.45, 7) is 8.28. The predicted octanol–water partition coefficient (Wildman–Crippen LogP) is 3.01. The zero-order valence-electron chi connectivity index (χ0n) is 14.1. The molecule has 0 amide bonds. The molecular formula is C16H26N2O3S. The minimum atomic E-state index is -0.463. The van der Waals surface area contributed by atoms with Crippen molar-refractivity contribution >= 4 is 17.7 Å². The Hall–Kier alpha value is -1.01. The zero-order chi connectivity index (χ0) is 16.3. The van der Waals surface area contributed by atoms with E-state index in [0.29, 0.717) is 18.5 Å². The van der Waals surface area contributed by atoms with Crippen molar-refractivity contribution in [3.05, 3.63) is 17.8 Å². The number of likely N-dealkylation sites (N-methyl/N-ethyl adjacent to an activating group) is 1. The van der Waals surface area contributed by atoms with Crippen LogP contribution in [0.2, 0.25) is 0 Å². The third-order valence-corrected chi connectivity index (χ3v) is 4.97. The third kappa shape index (κ3) is 4.49. The summed E-state index contributed by atoms with van der Waals surface area (Å²) in [5.74, 6) is 3.28. The van der Waals surface area contributed by atoms with E-state index in [9.17, 15) is 4.79 Å². The third-order valence-electron chi connectivity index (χ3n) is 3.83. The molecule has 0 bridgehead atoms. The van der Waals surface area contributed by atoms with Crippen LogP contribution < -0.4 is 0 Å². The van der Waals surface area contributed by atoms with Crippen molar-refractivity contribution in [2.75, 3.05) is 25.1 Å². The first-order chi connectivity index (χ1) is 10.3. The first kappa shape index (κ1) is 17.3. The van der Waals surface area contributed by atoms with Gasteiger partial charge in [0.25, 0.3) is 0 Å². The minimum Gasteiger partial charge on any atom is -0.452 e. The maximum atomic E-state index is 12.1. The van der Waals surface area contributed by atoms with Gasteiger partial charge < -0.3 is 9.15 Å². The molecule has 0 spiro atoms. The molecule has 0 aliphatic carbocycles. The Bertz CT molecular complexity index is 504. The fourth-order valence-corrected chi connectivity index (χ4v) is 3.61. The molecule has 6 heteroatoms. The molecule has 1 aromatic rings. The summed E-state index contributed by atoms with van der Waals surface area (Å²) in [4.78, 5) is 18.4. The van der Waals surface area contributed by atoms with Crippen LogP contribution in [-0.2, 0) is 14.9 Å². The van der Waals surface area contributed by atoms with Crippen LogP contribution in [0.1, 0.15) is 51.9 Å². The van der Waals surface area contributed by atoms with E-state index in [0.717, 1.165) is 17.9 Å². The molecule has 0 N–H and O–H groups in total. The number of carbonyl (C=O) groups excluding carboxylic acids is 1. The Morgan fingerprint density at radius 3 is 2.86 bits per heavy atom. The van der Waals surface area contributed by atoms with E-state index in [1.807, 2.05) is 18.8 Å². The average molecular weight is 326 g/mol. The lowest BCUT2D eigenvalue weighted by Crippen LogP contribution is -2.36. The molecule has 22 heavy (non-hydrogen) atoms. The summed E-state index contributed by atoms with van der Waals surface area (Å²) in [5, 5.41) is 0. The van der Waals surface area contributed by atoms with Gasteiger partial charge in [0, 0.05) is 17.2 Å². The van der Waals surface area contributed by atoms with Crippen LogP contribution in [-0.4, -0.2) is 47.0 Å². The van der Waals surface area contributed by atoms with Gasteiger partial charge in [0.15, 0.2) is 6.10 Å². The molecule has 1 fully saturated rings. The summed E-state index contributed by atoms with van der Waals surface area (Å²) in [6.07, 6.45) is 2.38. The Kier molecular flexibility index (Phi) is 5.55. The van der Waals surface area contributed by atoms with Crippen molar-refractivity contribution in [1.82, 2.24) is 9.88 Å². The van der Waals surface area contributed by atoms with Gasteiger partial charge in [-0.15, -0.1) is 0 Å². The first-order valence-electron chi connectivity index (χ1n) is 7.71. The topological polar surface area (TPSA) is 55.6 Å². The first-order valence-corrected chi connectivity index (χ1v) is 8.86. The second-order valence-corrected chi connectivity index (χ2v) is 8.03. The summed E-state index contributed by atoms with van der Waals surface area (Å²) >= 11 is 1.93. The Morgan fingerprint density at radius 2 is 2.32 bits per heavy atom. The van der Waals surface area contributed by atoms with Crippen LogP contribution in [0.5, 0.6) is 0 Å². The molecule has 2 rings (SSSR count). The van der Waals surface area contributed by atoms with Crippen LogP contribution in [0.25, 0.3) is 0 Å². The number of esters is 1. The van der Waals surface area contributed by atoms with Gasteiger partial charge in [-0.1, -0.05) is 20.8 Å². The number of carbonyl (C=O) groups is 1. The summed E-state index contributed by atoms with van der Waals surface area (Å²) in [6, 6.07) is 0.474. The van der Waals surface area contributed by atoms with Gasteiger partial charge in [0.1, 0.15) is 5.76 Å². The van der Waals surface area contributed by atoms with Crippen LogP contribution in [0, 0.1) is 0 Å². The van der Waals surface area contributed by atoms with Crippen molar-refractivity contribution in [1.29, 1.82) is 0 Å². The van der Waals surface area contributed by atoms with Crippen molar-refractivity contribution < 1.29 is 13.9 Å². The van der Waals surface area contributed by atoms with Crippen LogP contribution >= 0.6 is 11.8 Å². The predicted molar refractivity (Wildman–Crippen MR) is 88.1 cm³/mol. The molecule has 0 unspecified atom stereocenters. The van der Waals surface area contributed by atoms with E-state index in [2.05, 4.69) is 30.7 Å². The van der Waals surface area contributed by atoms with Crippen LogP contribution in [0.15, 0.2) is 10.6 Å². The fraction of sp³-hybridized carbons (Fsp3) is 0.750. The Labute approximate surface area is 136 Å². The average Bonchev–Trinajstić information content (AvgIpc) is 3.09. The maximum Gasteiger partial charge on any atom is 0.320 e. The highest BCUT2D eigenvalue weighted by Gasteiger charge is 2.25. The highest BCUT2D eigenvalue weighted by Crippen LogP contribution is 2.26. The van der Waals surface area contributed by atoms with E-state index in [-0.39, 0.29) is 11.4 Å². The molecular weight excluding hydrogens is 300 g/mol. The van der Waals surface area contributed by atoms with Gasteiger partial charge in [-0.25, -0.2) is 4.98 Å². The molecule has 2 atom stereocenters. The molecule has 0 aromatic carbocycles. The Balaban J connectivity index is 1.86. The van der Waals surface area contributed by atoms with Gasteiger partial charge in [-0.2, -0.15) is 11.8 Å². The number of hydrogen-bond acceptors (Lipinski definition) is 6. The zero-order valence-corrected chi connectivity index (χ0v) is 14.9. The second kappa shape index (κ2) is 7.04. The largest absolute Gasteiger partial charge is 0.452 e. The Morgan fingerprint density at radius 1 is 1.59 bits per heavy atom. The summed E-state index contributed by atoms with van der Waals surface area (Å²) < 4.78 is 11.2. The van der Waals surface area contributed by atoms with Gasteiger partial charge in [0.05, 0.1) is 12.7 Å². The lowest BCUT2D eigenvalue weighted by atomic mass is 9.94. The van der Waals surface area contributed by atoms with Gasteiger partial charge in [-0.05, 0) is 26.1 Å². The van der Waals surface area contributed by atoms with Crippen LogP contribution in [0.4, 0.5) is 0 Å². The molecule has 1 saturated heterocycles. The van der Waals surface area contributed by atoms with E-state index in [1.165, 1.54) is 5.75 Å². The fourth-order valence-electron chi connectivity index (χ4n) is 2.31. The number of nitrogens with zero attached hydrogens (tertiary/aromatic N) is 2. The van der Waals surface area contributed by atoms with E-state index >= 15 is 0 Å². The van der Waals surface area contributed by atoms with Crippen molar-refractivity contribution in [3.63, 3.8) is 0 Å². The van der Waals surface area contributed by atoms with E-state index in [1.54, 1.807) is 13.1 Å². The van der Waals surface area contributed by atoms with Crippen molar-refractivity contribution in [2.45, 2.75) is 51.7 Å². The number of oxazole rings is 1. The van der Waals surface area contributed by atoms with Gasteiger partial charge in [-0.3, -0.25) is 9.69 Å². The monoisotopic (exact) mass is 326 g/mol. The molecule has 1 aromatic heterocycles. The summed E-state index contributed by atoms with van der Waals surface area (Å²) in [5.41, 5.74) is -0.102. The highest BCUT2D eigenvalue weighted by molar-refractivity contribution is 7.99. The lowest BCUT2D eigenvalue weighted by Gasteiger charge is -2.22. The lowest BCUT2D eigenvalue weighted by molar-refractivity contribution is -0.151. The standard InChI is InChI=1S/C16H26N2O3S/c1-11(15-17-8-13(21-15)16(2,3)4)20-14(19)9-18(5)12-6-7-22-10-12/h8,11-12H,6-7,9-10H2,1-5H3/t11-,12-/m1/s1. The molecule has 1 aliphatic rings. The molecule has 5 nitrogen and oxygen atoms in total. The van der Waals surface area contributed by atoms with Crippen LogP contribution in [0.3, 0.4) is 0 Å². The normalized spacial score (nSPS) is 20.4. The molecule has 2 heterocycles. The van der Waals surface area contributed by atoms with Crippen molar-refractivity contribution in [2.24, 2.45) is 0 Å². The second-order valence-electron chi connectivity index (χ2n) is 6.88. The smallest absolute Gasteiger partial charge is 0.320 e. The highest BCUT2D eigenvalue weighted by atomic mass is 32.2. The van der Waals surface area contributed by atoms with E-state index in [4.69, 9.17) is 9.15 Å². The maximum absolute atomic E-state index is 12.1. The molecule has 1 aliphatic heterocycles. The van der Waals surface area contributed by atoms with Gasteiger partial charge in [0.2, 0.25) is 5.89 Å². The molecule has 124 valence electrons. The number of aromatic nitrogens is 1.